The minimum atomic E-state index is -0.379. The van der Waals surface area contributed by atoms with Gasteiger partial charge >= 0.3 is 0 Å². The van der Waals surface area contributed by atoms with Crippen molar-refractivity contribution in [1.82, 2.24) is 14.4 Å². The maximum atomic E-state index is 13.4. The van der Waals surface area contributed by atoms with E-state index >= 15 is 0 Å². The molecular formula is C26H39N3O3. The molecule has 0 radical (unpaired) electrons. The molecule has 2 rings (SSSR count). The number of methoxy groups -OCH3 is 1. The van der Waals surface area contributed by atoms with Crippen LogP contribution in [0.25, 0.3) is 0 Å². The maximum Gasteiger partial charge on any atom is 0.242 e. The lowest BCUT2D eigenvalue weighted by Gasteiger charge is -2.37. The van der Waals surface area contributed by atoms with E-state index in [-0.39, 0.29) is 23.9 Å². The van der Waals surface area contributed by atoms with Gasteiger partial charge in [0.05, 0.1) is 19.7 Å². The van der Waals surface area contributed by atoms with Crippen LogP contribution < -0.4 is 0 Å². The summed E-state index contributed by atoms with van der Waals surface area (Å²) in [6, 6.07) is 12.6. The van der Waals surface area contributed by atoms with E-state index in [1.54, 1.807) is 12.0 Å². The van der Waals surface area contributed by atoms with E-state index in [2.05, 4.69) is 48.0 Å². The maximum absolute atomic E-state index is 13.4. The van der Waals surface area contributed by atoms with Crippen molar-refractivity contribution in [2.24, 2.45) is 0 Å². The summed E-state index contributed by atoms with van der Waals surface area (Å²) in [5.74, 6) is -0.0593. The Kier molecular flexibility index (Phi) is 9.51. The van der Waals surface area contributed by atoms with Crippen molar-refractivity contribution in [1.29, 1.82) is 0 Å². The van der Waals surface area contributed by atoms with Crippen LogP contribution in [0.4, 0.5) is 0 Å². The first-order valence-electron chi connectivity index (χ1n) is 11.4. The second-order valence-electron chi connectivity index (χ2n) is 9.33. The van der Waals surface area contributed by atoms with Crippen molar-refractivity contribution in [3.63, 3.8) is 0 Å². The predicted octanol–water partition coefficient (Wildman–Crippen LogP) is 4.25. The van der Waals surface area contributed by atoms with Crippen LogP contribution in [0.1, 0.15) is 57.4 Å². The lowest BCUT2D eigenvalue weighted by atomic mass is 10.1. The quantitative estimate of drug-likeness (QED) is 0.524. The standard InChI is InChI=1S/C26H39N3O3/c1-7-10-24(30)28(15-16-32-6)20-25(31)29(26(3,4)5)19-23-13-9-14-27(23)18-22-12-8-11-21(2)17-22/h8-9,11-14,17H,7,10,15-16,18-20H2,1-6H3. The van der Waals surface area contributed by atoms with Gasteiger partial charge < -0.3 is 19.1 Å². The van der Waals surface area contributed by atoms with Crippen molar-refractivity contribution in [2.75, 3.05) is 26.8 Å². The Labute approximate surface area is 193 Å². The summed E-state index contributed by atoms with van der Waals surface area (Å²) in [7, 11) is 1.61. The van der Waals surface area contributed by atoms with Crippen LogP contribution in [0.3, 0.4) is 0 Å². The molecule has 0 aliphatic carbocycles. The predicted molar refractivity (Wildman–Crippen MR) is 128 cm³/mol. The Morgan fingerprint density at radius 1 is 1.09 bits per heavy atom. The van der Waals surface area contributed by atoms with Gasteiger partial charge in [-0.3, -0.25) is 9.59 Å². The summed E-state index contributed by atoms with van der Waals surface area (Å²) in [6.45, 7) is 12.3. The molecule has 0 fully saturated rings. The Hall–Kier alpha value is -2.60. The van der Waals surface area contributed by atoms with Crippen molar-refractivity contribution in [3.8, 4) is 0 Å². The van der Waals surface area contributed by atoms with E-state index in [1.807, 2.05) is 38.7 Å². The van der Waals surface area contributed by atoms with Crippen LogP contribution in [0, 0.1) is 6.92 Å². The Bertz CT molecular complexity index is 882. The summed E-state index contributed by atoms with van der Waals surface area (Å²) in [5, 5.41) is 0. The molecule has 2 aromatic rings. The largest absolute Gasteiger partial charge is 0.383 e. The van der Waals surface area contributed by atoms with Crippen LogP contribution in [0.2, 0.25) is 0 Å². The highest BCUT2D eigenvalue weighted by molar-refractivity contribution is 5.85. The zero-order valence-electron chi connectivity index (χ0n) is 20.6. The topological polar surface area (TPSA) is 54.8 Å². The number of carbonyl (C=O) groups is 2. The first-order chi connectivity index (χ1) is 15.2. The molecule has 32 heavy (non-hydrogen) atoms. The molecule has 0 N–H and O–H groups in total. The van der Waals surface area contributed by atoms with Crippen LogP contribution in [-0.4, -0.2) is 58.5 Å². The van der Waals surface area contributed by atoms with Gasteiger partial charge in [0.25, 0.3) is 0 Å². The normalized spacial score (nSPS) is 11.4. The van der Waals surface area contributed by atoms with Crippen molar-refractivity contribution in [2.45, 2.75) is 66.1 Å². The molecule has 176 valence electrons. The fraction of sp³-hybridized carbons (Fsp3) is 0.538. The first kappa shape index (κ1) is 25.7. The summed E-state index contributed by atoms with van der Waals surface area (Å²) in [4.78, 5) is 29.4. The zero-order chi connectivity index (χ0) is 23.7. The van der Waals surface area contributed by atoms with E-state index in [4.69, 9.17) is 4.74 Å². The van der Waals surface area contributed by atoms with Crippen LogP contribution in [0.5, 0.6) is 0 Å². The molecule has 1 aromatic carbocycles. The van der Waals surface area contributed by atoms with Gasteiger partial charge in [-0.1, -0.05) is 36.8 Å². The molecule has 6 heteroatoms. The number of hydrogen-bond acceptors (Lipinski definition) is 3. The highest BCUT2D eigenvalue weighted by atomic mass is 16.5. The van der Waals surface area contributed by atoms with Crippen molar-refractivity contribution < 1.29 is 14.3 Å². The van der Waals surface area contributed by atoms with Gasteiger partial charge in [-0.25, -0.2) is 0 Å². The Balaban J connectivity index is 2.19. The molecular weight excluding hydrogens is 402 g/mol. The molecule has 2 amide bonds. The average molecular weight is 442 g/mol. The molecule has 1 aromatic heterocycles. The van der Waals surface area contributed by atoms with E-state index in [1.165, 1.54) is 11.1 Å². The fourth-order valence-electron chi connectivity index (χ4n) is 3.73. The third-order valence-electron chi connectivity index (χ3n) is 5.50. The molecule has 0 spiro atoms. The van der Waals surface area contributed by atoms with Crippen molar-refractivity contribution in [3.05, 3.63) is 59.4 Å². The lowest BCUT2D eigenvalue weighted by Crippen LogP contribution is -2.50. The minimum Gasteiger partial charge on any atom is -0.383 e. The van der Waals surface area contributed by atoms with Crippen molar-refractivity contribution >= 4 is 11.8 Å². The van der Waals surface area contributed by atoms with Gasteiger partial charge in [-0.2, -0.15) is 0 Å². The summed E-state index contributed by atoms with van der Waals surface area (Å²) >= 11 is 0. The minimum absolute atomic E-state index is 0.00502. The van der Waals surface area contributed by atoms with Gasteiger partial charge in [0.2, 0.25) is 11.8 Å². The van der Waals surface area contributed by atoms with Crippen LogP contribution >= 0.6 is 0 Å². The second-order valence-corrected chi connectivity index (χ2v) is 9.33. The second kappa shape index (κ2) is 11.9. The average Bonchev–Trinajstić information content (AvgIpc) is 3.15. The third kappa shape index (κ3) is 7.52. The fourth-order valence-corrected chi connectivity index (χ4v) is 3.73. The lowest BCUT2D eigenvalue weighted by molar-refractivity contribution is -0.144. The molecule has 0 atom stereocenters. The number of rotatable bonds is 11. The van der Waals surface area contributed by atoms with Gasteiger partial charge in [0.1, 0.15) is 0 Å². The molecule has 0 bridgehead atoms. The number of carbonyl (C=O) groups excluding carboxylic acids is 2. The van der Waals surface area contributed by atoms with Gasteiger partial charge in [0.15, 0.2) is 0 Å². The number of benzene rings is 1. The number of hydrogen-bond donors (Lipinski definition) is 0. The molecule has 1 heterocycles. The van der Waals surface area contributed by atoms with Crippen LogP contribution in [0.15, 0.2) is 42.6 Å². The molecule has 0 aliphatic heterocycles. The van der Waals surface area contributed by atoms with Gasteiger partial charge in [-0.15, -0.1) is 0 Å². The number of aryl methyl sites for hydroxylation is 1. The molecule has 0 unspecified atom stereocenters. The van der Waals surface area contributed by atoms with E-state index in [0.29, 0.717) is 26.1 Å². The van der Waals surface area contributed by atoms with E-state index in [0.717, 1.165) is 18.7 Å². The summed E-state index contributed by atoms with van der Waals surface area (Å²) in [6.07, 6.45) is 3.25. The van der Waals surface area contributed by atoms with Gasteiger partial charge in [0, 0.05) is 44.0 Å². The summed E-state index contributed by atoms with van der Waals surface area (Å²) < 4.78 is 7.34. The summed E-state index contributed by atoms with van der Waals surface area (Å²) in [5.41, 5.74) is 3.15. The number of ether oxygens (including phenoxy) is 1. The number of aromatic nitrogens is 1. The van der Waals surface area contributed by atoms with E-state index in [9.17, 15) is 9.59 Å². The smallest absolute Gasteiger partial charge is 0.242 e. The third-order valence-corrected chi connectivity index (χ3v) is 5.50. The SMILES string of the molecule is CCCC(=O)N(CCOC)CC(=O)N(Cc1cccn1Cc1cccc(C)c1)C(C)(C)C. The highest BCUT2D eigenvalue weighted by Crippen LogP contribution is 2.20. The number of nitrogens with zero attached hydrogens (tertiary/aromatic N) is 3. The molecule has 0 aliphatic rings. The molecule has 0 saturated carbocycles. The Morgan fingerprint density at radius 3 is 2.47 bits per heavy atom. The zero-order valence-corrected chi connectivity index (χ0v) is 20.6. The van der Waals surface area contributed by atoms with Gasteiger partial charge in [-0.05, 0) is 51.8 Å². The Morgan fingerprint density at radius 2 is 1.84 bits per heavy atom. The molecule has 0 saturated heterocycles. The van der Waals surface area contributed by atoms with Crippen LogP contribution in [-0.2, 0) is 27.4 Å². The highest BCUT2D eigenvalue weighted by Gasteiger charge is 2.29. The van der Waals surface area contributed by atoms with E-state index < -0.39 is 0 Å². The first-order valence-corrected chi connectivity index (χ1v) is 11.4. The monoisotopic (exact) mass is 441 g/mol. The number of amides is 2. The molecule has 6 nitrogen and oxygen atoms in total.